The molecule has 2 rings (SSSR count). The van der Waals surface area contributed by atoms with Gasteiger partial charge in [0.25, 0.3) is 0 Å². The summed E-state index contributed by atoms with van der Waals surface area (Å²) in [6.45, 7) is 0. The highest BCUT2D eigenvalue weighted by Crippen LogP contribution is 2.45. The van der Waals surface area contributed by atoms with E-state index in [0.717, 1.165) is 12.7 Å². The lowest BCUT2D eigenvalue weighted by Crippen LogP contribution is -1.70. The van der Waals surface area contributed by atoms with Gasteiger partial charge in [-0.3, -0.25) is 0 Å². The Kier molecular flexibility index (Phi) is 3.47. The average Bonchev–Trinajstić information content (AvgIpc) is 2.47. The minimum Gasteiger partial charge on any atom is -0.126 e. The van der Waals surface area contributed by atoms with Gasteiger partial charge >= 0.3 is 0 Å². The monoisotopic (exact) mass is 394 g/mol. The molecular weight excluding hydrogens is 392 g/mol. The Hall–Kier alpha value is 0.360. The molecule has 0 nitrogen and oxygen atoms in total. The number of rotatable bonds is 1. The van der Waals surface area contributed by atoms with Crippen LogP contribution in [0.25, 0.3) is 10.4 Å². The van der Waals surface area contributed by atoms with Gasteiger partial charge in [0.1, 0.15) is 0 Å². The Bertz CT molecular complexity index is 448. The molecule has 0 saturated heterocycles. The van der Waals surface area contributed by atoms with Gasteiger partial charge in [-0.1, -0.05) is 30.3 Å². The van der Waals surface area contributed by atoms with E-state index in [-0.39, 0.29) is 0 Å². The number of halogens is 3. The summed E-state index contributed by atoms with van der Waals surface area (Å²) < 4.78 is 3.31. The van der Waals surface area contributed by atoms with Crippen LogP contribution < -0.4 is 0 Å². The molecule has 0 aliphatic rings. The largest absolute Gasteiger partial charge is 0.126 e. The fourth-order valence-electron chi connectivity index (χ4n) is 1.14. The molecule has 2 aromatic rings. The third-order valence-electron chi connectivity index (χ3n) is 1.79. The minimum atomic E-state index is 1.08. The minimum absolute atomic E-state index is 1.08. The standard InChI is InChI=1S/C10H5Br3S/c11-7-8(12)10(13)14-9(7)6-4-2-1-3-5-6/h1-5H. The molecule has 14 heavy (non-hydrogen) atoms. The summed E-state index contributed by atoms with van der Waals surface area (Å²) in [4.78, 5) is 1.24. The molecule has 0 spiro atoms. The Morgan fingerprint density at radius 2 is 1.50 bits per heavy atom. The Labute approximate surface area is 112 Å². The molecule has 0 aliphatic heterocycles. The van der Waals surface area contributed by atoms with Gasteiger partial charge in [-0.2, -0.15) is 0 Å². The van der Waals surface area contributed by atoms with Crippen molar-refractivity contribution in [2.45, 2.75) is 0 Å². The SMILES string of the molecule is Brc1sc(-c2ccccc2)c(Br)c1Br. The number of hydrogen-bond donors (Lipinski definition) is 0. The fraction of sp³-hybridized carbons (Fsp3) is 0. The molecule has 0 fully saturated rings. The predicted molar refractivity (Wildman–Crippen MR) is 72.9 cm³/mol. The second-order valence-corrected chi connectivity index (χ2v) is 6.62. The molecule has 0 amide bonds. The van der Waals surface area contributed by atoms with Gasteiger partial charge in [0.2, 0.25) is 0 Å². The quantitative estimate of drug-likeness (QED) is 0.579. The van der Waals surface area contributed by atoms with Crippen LogP contribution in [0.4, 0.5) is 0 Å². The first-order valence-electron chi connectivity index (χ1n) is 3.89. The van der Waals surface area contributed by atoms with Gasteiger partial charge in [0.15, 0.2) is 0 Å². The molecule has 0 saturated carbocycles. The highest BCUT2D eigenvalue weighted by Gasteiger charge is 2.13. The second kappa shape index (κ2) is 4.47. The van der Waals surface area contributed by atoms with Crippen molar-refractivity contribution < 1.29 is 0 Å². The van der Waals surface area contributed by atoms with Crippen LogP contribution in [0.2, 0.25) is 0 Å². The first-order valence-corrected chi connectivity index (χ1v) is 7.08. The maximum atomic E-state index is 3.57. The first-order chi connectivity index (χ1) is 6.70. The van der Waals surface area contributed by atoms with Crippen LogP contribution >= 0.6 is 59.1 Å². The predicted octanol–water partition coefficient (Wildman–Crippen LogP) is 5.70. The van der Waals surface area contributed by atoms with Gasteiger partial charge in [-0.15, -0.1) is 11.3 Å². The van der Waals surface area contributed by atoms with Crippen LogP contribution in [0.3, 0.4) is 0 Å². The van der Waals surface area contributed by atoms with Gasteiger partial charge in [0.05, 0.1) is 17.6 Å². The van der Waals surface area contributed by atoms with Crippen LogP contribution in [-0.2, 0) is 0 Å². The summed E-state index contributed by atoms with van der Waals surface area (Å²) in [5.74, 6) is 0. The summed E-state index contributed by atoms with van der Waals surface area (Å²) in [5.41, 5.74) is 1.23. The molecule has 0 unspecified atom stereocenters. The molecule has 4 heteroatoms. The van der Waals surface area contributed by atoms with Crippen molar-refractivity contribution in [2.75, 3.05) is 0 Å². The third-order valence-corrected chi connectivity index (χ3v) is 6.88. The summed E-state index contributed by atoms with van der Waals surface area (Å²) in [5, 5.41) is 0. The lowest BCUT2D eigenvalue weighted by Gasteiger charge is -1.97. The van der Waals surface area contributed by atoms with E-state index < -0.39 is 0 Å². The molecule has 0 N–H and O–H groups in total. The van der Waals surface area contributed by atoms with E-state index in [9.17, 15) is 0 Å². The van der Waals surface area contributed by atoms with E-state index in [1.807, 2.05) is 18.2 Å². The van der Waals surface area contributed by atoms with E-state index >= 15 is 0 Å². The zero-order valence-electron chi connectivity index (χ0n) is 6.93. The third kappa shape index (κ3) is 1.98. The normalized spacial score (nSPS) is 10.5. The van der Waals surface area contributed by atoms with Crippen molar-refractivity contribution in [1.82, 2.24) is 0 Å². The lowest BCUT2D eigenvalue weighted by atomic mass is 10.2. The highest BCUT2D eigenvalue weighted by molar-refractivity contribution is 9.14. The van der Waals surface area contributed by atoms with Crippen LogP contribution in [0.1, 0.15) is 0 Å². The number of benzene rings is 1. The Morgan fingerprint density at radius 3 is 2.00 bits per heavy atom. The van der Waals surface area contributed by atoms with Crippen molar-refractivity contribution in [3.63, 3.8) is 0 Å². The summed E-state index contributed by atoms with van der Waals surface area (Å²) in [6.07, 6.45) is 0. The number of hydrogen-bond acceptors (Lipinski definition) is 1. The molecule has 0 bridgehead atoms. The van der Waals surface area contributed by atoms with Crippen LogP contribution in [0.15, 0.2) is 43.1 Å². The van der Waals surface area contributed by atoms with Crippen molar-refractivity contribution in [3.05, 3.63) is 43.1 Å². The van der Waals surface area contributed by atoms with Gasteiger partial charge in [-0.05, 0) is 53.4 Å². The molecular formula is C10H5Br3S. The van der Waals surface area contributed by atoms with Crippen LogP contribution in [0.5, 0.6) is 0 Å². The van der Waals surface area contributed by atoms with Gasteiger partial charge in [0, 0.05) is 0 Å². The molecule has 72 valence electrons. The molecule has 1 heterocycles. The highest BCUT2D eigenvalue weighted by atomic mass is 79.9. The second-order valence-electron chi connectivity index (χ2n) is 2.70. The first kappa shape index (κ1) is 10.9. The summed E-state index contributed by atoms with van der Waals surface area (Å²) in [7, 11) is 0. The molecule has 1 aromatic heterocycles. The average molecular weight is 397 g/mol. The molecule has 0 atom stereocenters. The van der Waals surface area contributed by atoms with Crippen molar-refractivity contribution in [3.8, 4) is 10.4 Å². The Balaban J connectivity index is 2.58. The maximum Gasteiger partial charge on any atom is 0.0858 e. The molecule has 1 aromatic carbocycles. The fourth-order valence-corrected chi connectivity index (χ4v) is 4.28. The lowest BCUT2D eigenvalue weighted by molar-refractivity contribution is 1.66. The van der Waals surface area contributed by atoms with E-state index in [1.165, 1.54) is 10.4 Å². The maximum absolute atomic E-state index is 3.57. The molecule has 0 aliphatic carbocycles. The topological polar surface area (TPSA) is 0 Å². The Morgan fingerprint density at radius 1 is 0.857 bits per heavy atom. The van der Waals surface area contributed by atoms with Crippen LogP contribution in [-0.4, -0.2) is 0 Å². The van der Waals surface area contributed by atoms with E-state index in [4.69, 9.17) is 0 Å². The summed E-state index contributed by atoms with van der Waals surface area (Å²) >= 11 is 12.3. The van der Waals surface area contributed by atoms with E-state index in [0.29, 0.717) is 0 Å². The van der Waals surface area contributed by atoms with Crippen LogP contribution in [0, 0.1) is 0 Å². The summed E-state index contributed by atoms with van der Waals surface area (Å²) in [6, 6.07) is 10.3. The molecule has 0 radical (unpaired) electrons. The van der Waals surface area contributed by atoms with Gasteiger partial charge < -0.3 is 0 Å². The van der Waals surface area contributed by atoms with Crippen molar-refractivity contribution in [1.29, 1.82) is 0 Å². The zero-order valence-corrected chi connectivity index (χ0v) is 12.5. The van der Waals surface area contributed by atoms with Crippen molar-refractivity contribution >= 4 is 59.1 Å². The number of thiophene rings is 1. The van der Waals surface area contributed by atoms with Gasteiger partial charge in [-0.25, -0.2) is 0 Å². The zero-order chi connectivity index (χ0) is 10.1. The van der Waals surface area contributed by atoms with Crippen molar-refractivity contribution in [2.24, 2.45) is 0 Å². The van der Waals surface area contributed by atoms with E-state index in [1.54, 1.807) is 11.3 Å². The van der Waals surface area contributed by atoms with E-state index in [2.05, 4.69) is 59.9 Å². The smallest absolute Gasteiger partial charge is 0.0858 e.